The summed E-state index contributed by atoms with van der Waals surface area (Å²) in [4.78, 5) is 17.3. The van der Waals surface area contributed by atoms with Gasteiger partial charge in [-0.1, -0.05) is 48.9 Å². The van der Waals surface area contributed by atoms with E-state index in [0.29, 0.717) is 24.5 Å². The Morgan fingerprint density at radius 2 is 1.66 bits per heavy atom. The summed E-state index contributed by atoms with van der Waals surface area (Å²) in [5.74, 6) is 2.52. The molecule has 3 aromatic carbocycles. The molecule has 4 aromatic rings. The van der Waals surface area contributed by atoms with Crippen molar-refractivity contribution >= 4 is 16.9 Å². The predicted octanol–water partition coefficient (Wildman–Crippen LogP) is 5.66. The Morgan fingerprint density at radius 1 is 0.886 bits per heavy atom. The molecule has 4 rings (SSSR count). The molecule has 0 aliphatic carbocycles. The van der Waals surface area contributed by atoms with Crippen LogP contribution in [-0.4, -0.2) is 35.7 Å². The molecule has 0 unspecified atom stereocenters. The summed E-state index contributed by atoms with van der Waals surface area (Å²) >= 11 is 0. The van der Waals surface area contributed by atoms with E-state index in [1.165, 1.54) is 5.52 Å². The molecule has 6 heteroatoms. The fraction of sp³-hybridized carbons (Fsp3) is 0.310. The number of hydrogen-bond acceptors (Lipinski definition) is 4. The van der Waals surface area contributed by atoms with Crippen molar-refractivity contribution in [3.05, 3.63) is 90.3 Å². The highest BCUT2D eigenvalue weighted by Gasteiger charge is 2.12. The molecule has 35 heavy (non-hydrogen) atoms. The zero-order valence-corrected chi connectivity index (χ0v) is 20.3. The first kappa shape index (κ1) is 24.3. The molecule has 1 amide bonds. The predicted molar refractivity (Wildman–Crippen MR) is 139 cm³/mol. The number of imidazole rings is 1. The van der Waals surface area contributed by atoms with Gasteiger partial charge in [-0.15, -0.1) is 0 Å². The van der Waals surface area contributed by atoms with Crippen LogP contribution in [0.15, 0.2) is 78.9 Å². The van der Waals surface area contributed by atoms with Crippen molar-refractivity contribution in [1.82, 2.24) is 14.9 Å². The molecule has 0 aliphatic heterocycles. The van der Waals surface area contributed by atoms with E-state index >= 15 is 0 Å². The van der Waals surface area contributed by atoms with E-state index in [-0.39, 0.29) is 5.91 Å². The Bertz CT molecular complexity index is 1220. The van der Waals surface area contributed by atoms with Crippen molar-refractivity contribution in [3.63, 3.8) is 0 Å². The number of nitrogens with one attached hydrogen (secondary N) is 1. The molecule has 0 fully saturated rings. The van der Waals surface area contributed by atoms with Gasteiger partial charge in [0.25, 0.3) is 5.91 Å². The van der Waals surface area contributed by atoms with E-state index in [1.807, 2.05) is 48.5 Å². The second kappa shape index (κ2) is 12.6. The highest BCUT2D eigenvalue weighted by Crippen LogP contribution is 2.19. The summed E-state index contributed by atoms with van der Waals surface area (Å²) in [5.41, 5.74) is 2.78. The number of para-hydroxylation sites is 4. The molecule has 182 valence electrons. The maximum atomic E-state index is 12.4. The molecule has 0 radical (unpaired) electrons. The number of carbonyl (C=O) groups is 1. The van der Waals surface area contributed by atoms with E-state index in [2.05, 4.69) is 28.1 Å². The fourth-order valence-corrected chi connectivity index (χ4v) is 4.21. The van der Waals surface area contributed by atoms with Gasteiger partial charge in [-0.2, -0.15) is 0 Å². The van der Waals surface area contributed by atoms with Crippen LogP contribution in [0.4, 0.5) is 0 Å². The second-order valence-corrected chi connectivity index (χ2v) is 8.45. The third-order valence-electron chi connectivity index (χ3n) is 5.99. The van der Waals surface area contributed by atoms with E-state index < -0.39 is 0 Å². The quantitative estimate of drug-likeness (QED) is 0.256. The molecule has 0 atom stereocenters. The molecular weight excluding hydrogens is 438 g/mol. The Morgan fingerprint density at radius 3 is 2.51 bits per heavy atom. The van der Waals surface area contributed by atoms with Gasteiger partial charge in [0.2, 0.25) is 0 Å². The zero-order chi connectivity index (χ0) is 24.3. The molecule has 0 aliphatic rings. The number of fused-ring (bicyclic) bond motifs is 1. The molecule has 0 spiro atoms. The van der Waals surface area contributed by atoms with Gasteiger partial charge >= 0.3 is 0 Å². The molecule has 0 saturated carbocycles. The van der Waals surface area contributed by atoms with Gasteiger partial charge in [-0.3, -0.25) is 4.79 Å². The monoisotopic (exact) mass is 471 g/mol. The number of nitrogens with zero attached hydrogens (tertiary/aromatic N) is 2. The zero-order valence-electron chi connectivity index (χ0n) is 20.3. The lowest BCUT2D eigenvalue weighted by Gasteiger charge is -2.11. The van der Waals surface area contributed by atoms with Crippen LogP contribution in [0.2, 0.25) is 0 Å². The summed E-state index contributed by atoms with van der Waals surface area (Å²) in [5, 5.41) is 3.00. The van der Waals surface area contributed by atoms with Crippen LogP contribution < -0.4 is 14.8 Å². The van der Waals surface area contributed by atoms with Crippen LogP contribution in [0, 0.1) is 0 Å². The van der Waals surface area contributed by atoms with Gasteiger partial charge in [-0.05, 0) is 55.7 Å². The first-order chi connectivity index (χ1) is 17.3. The average Bonchev–Trinajstić information content (AvgIpc) is 3.26. The van der Waals surface area contributed by atoms with Gasteiger partial charge in [-0.25, -0.2) is 4.98 Å². The van der Waals surface area contributed by atoms with Gasteiger partial charge in [0, 0.05) is 19.5 Å². The smallest absolute Gasteiger partial charge is 0.255 e. The van der Waals surface area contributed by atoms with Gasteiger partial charge < -0.3 is 19.4 Å². The lowest BCUT2D eigenvalue weighted by molar-refractivity contribution is 0.0950. The lowest BCUT2D eigenvalue weighted by atomic mass is 10.1. The average molecular weight is 472 g/mol. The first-order valence-corrected chi connectivity index (χ1v) is 12.3. The Balaban J connectivity index is 1.24. The van der Waals surface area contributed by atoms with Crippen LogP contribution >= 0.6 is 0 Å². The van der Waals surface area contributed by atoms with Crippen molar-refractivity contribution in [1.29, 1.82) is 0 Å². The highest BCUT2D eigenvalue weighted by molar-refractivity contribution is 5.96. The van der Waals surface area contributed by atoms with E-state index in [4.69, 9.17) is 14.5 Å². The van der Waals surface area contributed by atoms with E-state index in [9.17, 15) is 4.79 Å². The second-order valence-electron chi connectivity index (χ2n) is 8.45. The SMILES string of the molecule is COc1ccccc1C(=O)NCCCCCc1nc2ccccc2n1CCCOc1ccccc1. The number of hydrogen-bond donors (Lipinski definition) is 1. The lowest BCUT2D eigenvalue weighted by Crippen LogP contribution is -2.24. The topological polar surface area (TPSA) is 65.4 Å². The number of carbonyl (C=O) groups excluding carboxylic acids is 1. The molecule has 1 heterocycles. The van der Waals surface area contributed by atoms with Gasteiger partial charge in [0.05, 0.1) is 30.3 Å². The van der Waals surface area contributed by atoms with Gasteiger partial charge in [0.15, 0.2) is 0 Å². The summed E-state index contributed by atoms with van der Waals surface area (Å²) < 4.78 is 13.5. The summed E-state index contributed by atoms with van der Waals surface area (Å²) in [6.45, 7) is 2.18. The van der Waals surface area contributed by atoms with Crippen LogP contribution in [0.3, 0.4) is 0 Å². The minimum Gasteiger partial charge on any atom is -0.496 e. The molecule has 6 nitrogen and oxygen atoms in total. The molecule has 1 aromatic heterocycles. The Hall–Kier alpha value is -3.80. The number of amides is 1. The number of aromatic nitrogens is 2. The first-order valence-electron chi connectivity index (χ1n) is 12.3. The fourth-order valence-electron chi connectivity index (χ4n) is 4.21. The number of unbranched alkanes of at least 4 members (excludes halogenated alkanes) is 2. The number of rotatable bonds is 13. The van der Waals surface area contributed by atoms with Crippen molar-refractivity contribution < 1.29 is 14.3 Å². The molecule has 0 saturated heterocycles. The third kappa shape index (κ3) is 6.63. The van der Waals surface area contributed by atoms with Crippen LogP contribution in [-0.2, 0) is 13.0 Å². The van der Waals surface area contributed by atoms with Crippen molar-refractivity contribution in [2.24, 2.45) is 0 Å². The summed E-state index contributed by atoms with van der Waals surface area (Å²) in [6, 6.07) is 25.5. The molecular formula is C29H33N3O3. The minimum absolute atomic E-state index is 0.0954. The maximum absolute atomic E-state index is 12.4. The molecule has 0 bridgehead atoms. The van der Waals surface area contributed by atoms with E-state index in [0.717, 1.165) is 55.7 Å². The summed E-state index contributed by atoms with van der Waals surface area (Å²) in [7, 11) is 1.58. The summed E-state index contributed by atoms with van der Waals surface area (Å²) in [6.07, 6.45) is 4.79. The van der Waals surface area contributed by atoms with Crippen molar-refractivity contribution in [3.8, 4) is 11.5 Å². The van der Waals surface area contributed by atoms with Crippen LogP contribution in [0.25, 0.3) is 11.0 Å². The van der Waals surface area contributed by atoms with E-state index in [1.54, 1.807) is 19.2 Å². The minimum atomic E-state index is -0.0954. The number of methoxy groups -OCH3 is 1. The Kier molecular flexibility index (Phi) is 8.76. The van der Waals surface area contributed by atoms with Crippen molar-refractivity contribution in [2.45, 2.75) is 38.6 Å². The number of aryl methyl sites for hydroxylation is 2. The highest BCUT2D eigenvalue weighted by atomic mass is 16.5. The standard InChI is InChI=1S/C29H33N3O3/c1-34-27-18-10-7-15-24(27)29(33)30-20-11-3-6-19-28-31-25-16-8-9-17-26(25)32(28)21-12-22-35-23-13-4-2-5-14-23/h2,4-5,7-10,13-18H,3,6,11-12,19-22H2,1H3,(H,30,33). The van der Waals surface area contributed by atoms with Crippen LogP contribution in [0.1, 0.15) is 41.9 Å². The van der Waals surface area contributed by atoms with Crippen LogP contribution in [0.5, 0.6) is 11.5 Å². The maximum Gasteiger partial charge on any atom is 0.255 e. The molecule has 1 N–H and O–H groups in total. The normalized spacial score (nSPS) is 10.9. The van der Waals surface area contributed by atoms with Crippen molar-refractivity contribution in [2.75, 3.05) is 20.3 Å². The third-order valence-corrected chi connectivity index (χ3v) is 5.99. The van der Waals surface area contributed by atoms with Gasteiger partial charge in [0.1, 0.15) is 17.3 Å². The Labute approximate surface area is 206 Å². The largest absolute Gasteiger partial charge is 0.496 e. The number of ether oxygens (including phenoxy) is 2. The number of benzene rings is 3.